The van der Waals surface area contributed by atoms with Crippen LogP contribution in [-0.2, 0) is 18.3 Å². The monoisotopic (exact) mass is 500 g/mol. The molecule has 1 saturated heterocycles. The number of hydrogen-bond acceptors (Lipinski definition) is 5. The zero-order chi connectivity index (χ0) is 19.1. The van der Waals surface area contributed by atoms with Crippen molar-refractivity contribution in [3.05, 3.63) is 41.9 Å². The number of nitrogens with one attached hydrogen (secondary N) is 1. The minimum Gasteiger partial charge on any atom is -0.478 e. The van der Waals surface area contributed by atoms with Gasteiger partial charge in [0.2, 0.25) is 5.88 Å². The molecule has 3 rings (SSSR count). The van der Waals surface area contributed by atoms with Gasteiger partial charge in [0.15, 0.2) is 5.96 Å². The van der Waals surface area contributed by atoms with Crippen molar-refractivity contribution in [3.63, 3.8) is 0 Å². The summed E-state index contributed by atoms with van der Waals surface area (Å²) in [5, 5.41) is 7.64. The van der Waals surface area contributed by atoms with Crippen LogP contribution >= 0.6 is 24.0 Å². The fourth-order valence-corrected chi connectivity index (χ4v) is 3.02. The number of ether oxygens (including phenoxy) is 2. The van der Waals surface area contributed by atoms with Gasteiger partial charge in [-0.25, -0.2) is 9.98 Å². The summed E-state index contributed by atoms with van der Waals surface area (Å²) < 4.78 is 13.2. The summed E-state index contributed by atoms with van der Waals surface area (Å²) in [5.41, 5.74) is 2.16. The van der Waals surface area contributed by atoms with Crippen LogP contribution in [0.4, 0.5) is 0 Å². The second-order valence-corrected chi connectivity index (χ2v) is 6.36. The lowest BCUT2D eigenvalue weighted by Gasteiger charge is -2.34. The molecular weight excluding hydrogens is 471 g/mol. The van der Waals surface area contributed by atoms with Gasteiger partial charge in [0.05, 0.1) is 32.5 Å². The number of morpholine rings is 1. The minimum atomic E-state index is 0. The summed E-state index contributed by atoms with van der Waals surface area (Å²) in [6.45, 7) is 8.23. The lowest BCUT2D eigenvalue weighted by Crippen LogP contribution is -2.48. The zero-order valence-electron chi connectivity index (χ0n) is 16.7. The third-order valence-electron chi connectivity index (χ3n) is 4.30. The quantitative estimate of drug-likeness (QED) is 0.373. The van der Waals surface area contributed by atoms with Crippen LogP contribution in [0, 0.1) is 0 Å². The van der Waals surface area contributed by atoms with Gasteiger partial charge in [-0.1, -0.05) is 0 Å². The summed E-state index contributed by atoms with van der Waals surface area (Å²) in [7, 11) is 1.92. The number of pyridine rings is 1. The van der Waals surface area contributed by atoms with Crippen molar-refractivity contribution in [1.29, 1.82) is 0 Å². The molecule has 0 aliphatic carbocycles. The fourth-order valence-electron chi connectivity index (χ4n) is 3.02. The van der Waals surface area contributed by atoms with Gasteiger partial charge >= 0.3 is 0 Å². The number of hydrogen-bond donors (Lipinski definition) is 1. The second-order valence-electron chi connectivity index (χ2n) is 6.36. The standard InChI is InChI=1S/C19H28N6O2.HI/c1-4-20-19(22-11-15-6-7-21-18(10-15)26-5-2)25-8-9-27-17(14-25)16-12-23-24(3)13-16;/h6-7,10,12-13,17H,4-5,8-9,11,14H2,1-3H3,(H,20,22);1H. The van der Waals surface area contributed by atoms with E-state index in [2.05, 4.69) is 27.2 Å². The van der Waals surface area contributed by atoms with Crippen molar-refractivity contribution in [2.75, 3.05) is 32.8 Å². The van der Waals surface area contributed by atoms with Gasteiger partial charge in [0.25, 0.3) is 0 Å². The van der Waals surface area contributed by atoms with E-state index in [1.54, 1.807) is 10.9 Å². The molecule has 0 aromatic carbocycles. The Labute approximate surface area is 183 Å². The molecule has 0 spiro atoms. The predicted molar refractivity (Wildman–Crippen MR) is 119 cm³/mol. The average molecular weight is 500 g/mol. The van der Waals surface area contributed by atoms with E-state index in [-0.39, 0.29) is 30.1 Å². The summed E-state index contributed by atoms with van der Waals surface area (Å²) in [5.74, 6) is 1.53. The summed E-state index contributed by atoms with van der Waals surface area (Å²) in [6, 6.07) is 3.90. The van der Waals surface area contributed by atoms with Crippen molar-refractivity contribution < 1.29 is 9.47 Å². The predicted octanol–water partition coefficient (Wildman–Crippen LogP) is 2.37. The van der Waals surface area contributed by atoms with Gasteiger partial charge in [-0.05, 0) is 25.5 Å². The maximum absolute atomic E-state index is 5.94. The summed E-state index contributed by atoms with van der Waals surface area (Å²) >= 11 is 0. The first kappa shape index (κ1) is 22.4. The Kier molecular flexibility index (Phi) is 8.97. The SMILES string of the molecule is CCNC(=NCc1ccnc(OCC)c1)N1CCOC(c2cnn(C)c2)C1.I. The van der Waals surface area contributed by atoms with Crippen LogP contribution in [0.5, 0.6) is 5.88 Å². The van der Waals surface area contributed by atoms with E-state index in [0.717, 1.165) is 36.7 Å². The maximum atomic E-state index is 5.94. The molecule has 1 N–H and O–H groups in total. The molecular formula is C19H29IN6O2. The Morgan fingerprint density at radius 2 is 2.29 bits per heavy atom. The highest BCUT2D eigenvalue weighted by atomic mass is 127. The molecule has 1 fully saturated rings. The van der Waals surface area contributed by atoms with Crippen molar-refractivity contribution in [2.24, 2.45) is 12.0 Å². The van der Waals surface area contributed by atoms with Crippen LogP contribution in [0.25, 0.3) is 0 Å². The van der Waals surface area contributed by atoms with E-state index in [4.69, 9.17) is 14.5 Å². The molecule has 0 radical (unpaired) electrons. The Morgan fingerprint density at radius 1 is 1.43 bits per heavy atom. The third kappa shape index (κ3) is 6.06. The number of nitrogens with zero attached hydrogens (tertiary/aromatic N) is 5. The molecule has 2 aromatic rings. The molecule has 8 nitrogen and oxygen atoms in total. The topological polar surface area (TPSA) is 76.8 Å². The van der Waals surface area contributed by atoms with E-state index >= 15 is 0 Å². The number of guanidine groups is 1. The molecule has 1 atom stereocenters. The lowest BCUT2D eigenvalue weighted by atomic mass is 10.1. The van der Waals surface area contributed by atoms with Crippen molar-refractivity contribution in [1.82, 2.24) is 25.0 Å². The summed E-state index contributed by atoms with van der Waals surface area (Å²) in [4.78, 5) is 11.3. The van der Waals surface area contributed by atoms with Crippen LogP contribution in [0.3, 0.4) is 0 Å². The number of halogens is 1. The Bertz CT molecular complexity index is 766. The van der Waals surface area contributed by atoms with Crippen LogP contribution in [0.2, 0.25) is 0 Å². The number of aliphatic imine (C=N–C) groups is 1. The normalized spacial score (nSPS) is 17.2. The maximum Gasteiger partial charge on any atom is 0.213 e. The van der Waals surface area contributed by atoms with Crippen molar-refractivity contribution in [2.45, 2.75) is 26.5 Å². The smallest absolute Gasteiger partial charge is 0.213 e. The van der Waals surface area contributed by atoms with Crippen molar-refractivity contribution >= 4 is 29.9 Å². The average Bonchev–Trinajstić information content (AvgIpc) is 3.12. The van der Waals surface area contributed by atoms with E-state index in [0.29, 0.717) is 25.6 Å². The highest BCUT2D eigenvalue weighted by Gasteiger charge is 2.25. The Morgan fingerprint density at radius 3 is 3.00 bits per heavy atom. The molecule has 2 aromatic heterocycles. The highest BCUT2D eigenvalue weighted by molar-refractivity contribution is 14.0. The van der Waals surface area contributed by atoms with Gasteiger partial charge in [-0.15, -0.1) is 24.0 Å². The van der Waals surface area contributed by atoms with E-state index in [9.17, 15) is 0 Å². The molecule has 1 aliphatic rings. The molecule has 0 amide bonds. The molecule has 9 heteroatoms. The molecule has 3 heterocycles. The van der Waals surface area contributed by atoms with E-state index in [1.165, 1.54) is 0 Å². The highest BCUT2D eigenvalue weighted by Crippen LogP contribution is 2.21. The molecule has 1 unspecified atom stereocenters. The van der Waals surface area contributed by atoms with Crippen LogP contribution in [-0.4, -0.2) is 58.5 Å². The van der Waals surface area contributed by atoms with Gasteiger partial charge in [-0.3, -0.25) is 4.68 Å². The van der Waals surface area contributed by atoms with Gasteiger partial charge in [0.1, 0.15) is 6.10 Å². The van der Waals surface area contributed by atoms with Gasteiger partial charge in [0, 0.05) is 44.2 Å². The fraction of sp³-hybridized carbons (Fsp3) is 0.526. The molecule has 0 saturated carbocycles. The second kappa shape index (κ2) is 11.2. The van der Waals surface area contributed by atoms with Gasteiger partial charge in [-0.2, -0.15) is 5.10 Å². The number of aromatic nitrogens is 3. The molecule has 28 heavy (non-hydrogen) atoms. The lowest BCUT2D eigenvalue weighted by molar-refractivity contribution is -0.00805. The van der Waals surface area contributed by atoms with Gasteiger partial charge < -0.3 is 19.7 Å². The Balaban J connectivity index is 0.00000280. The molecule has 154 valence electrons. The van der Waals surface area contributed by atoms with Crippen LogP contribution in [0.15, 0.2) is 35.7 Å². The minimum absolute atomic E-state index is 0. The van der Waals surface area contributed by atoms with Crippen LogP contribution < -0.4 is 10.1 Å². The Hall–Kier alpha value is -1.88. The first-order valence-corrected chi connectivity index (χ1v) is 9.40. The van der Waals surface area contributed by atoms with Crippen LogP contribution in [0.1, 0.15) is 31.1 Å². The summed E-state index contributed by atoms with van der Waals surface area (Å²) in [6.07, 6.45) is 5.63. The molecule has 1 aliphatic heterocycles. The first-order chi connectivity index (χ1) is 13.2. The van der Waals surface area contributed by atoms with Crippen molar-refractivity contribution in [3.8, 4) is 5.88 Å². The molecule has 0 bridgehead atoms. The van der Waals surface area contributed by atoms with E-state index in [1.807, 2.05) is 38.5 Å². The largest absolute Gasteiger partial charge is 0.478 e. The van der Waals surface area contributed by atoms with E-state index < -0.39 is 0 Å². The zero-order valence-corrected chi connectivity index (χ0v) is 19.0. The number of rotatable bonds is 6. The third-order valence-corrected chi connectivity index (χ3v) is 4.30. The first-order valence-electron chi connectivity index (χ1n) is 9.40. The number of aryl methyl sites for hydroxylation is 1.